The lowest BCUT2D eigenvalue weighted by Gasteiger charge is -2.32. The maximum atomic E-state index is 10.9. The highest BCUT2D eigenvalue weighted by Crippen LogP contribution is 2.39. The van der Waals surface area contributed by atoms with Gasteiger partial charge in [-0.15, -0.1) is 0 Å². The molecule has 2 atom stereocenters. The second-order valence-electron chi connectivity index (χ2n) is 5.74. The molecule has 22 heavy (non-hydrogen) atoms. The number of aliphatic hydroxyl groups is 1. The Morgan fingerprint density at radius 3 is 2.55 bits per heavy atom. The lowest BCUT2D eigenvalue weighted by atomic mass is 9.98. The molecule has 1 heterocycles. The molecular weight excluding hydrogens is 319 g/mol. The van der Waals surface area contributed by atoms with Crippen molar-refractivity contribution in [3.63, 3.8) is 0 Å². The standard InChI is InChI=1S/C17H18Cl2N2O/c1-21(14-6-7-14)16(15-8-5-13(19)10-20-15)17(22)11-3-2-4-12(18)9-11/h2-5,8-10,14,16-17,22H,6-7H2,1H3/t16-,17-/m1/s1. The zero-order valence-electron chi connectivity index (χ0n) is 12.3. The van der Waals surface area contributed by atoms with Crippen molar-refractivity contribution in [2.75, 3.05) is 7.05 Å². The van der Waals surface area contributed by atoms with Gasteiger partial charge in [0.2, 0.25) is 0 Å². The third-order valence-corrected chi connectivity index (χ3v) is 4.56. The number of pyridine rings is 1. The molecule has 0 aliphatic heterocycles. The van der Waals surface area contributed by atoms with E-state index in [0.717, 1.165) is 24.1 Å². The van der Waals surface area contributed by atoms with Crippen molar-refractivity contribution in [1.82, 2.24) is 9.88 Å². The normalized spacial score (nSPS) is 17.5. The Kier molecular flexibility index (Phi) is 4.69. The molecule has 1 saturated carbocycles. The minimum Gasteiger partial charge on any atom is -0.386 e. The fraction of sp³-hybridized carbons (Fsp3) is 0.353. The maximum absolute atomic E-state index is 10.9. The van der Waals surface area contributed by atoms with E-state index < -0.39 is 6.10 Å². The number of aromatic nitrogens is 1. The van der Waals surface area contributed by atoms with E-state index in [0.29, 0.717) is 16.1 Å². The van der Waals surface area contributed by atoms with Gasteiger partial charge in [0.25, 0.3) is 0 Å². The van der Waals surface area contributed by atoms with Gasteiger partial charge in [-0.2, -0.15) is 0 Å². The first kappa shape index (κ1) is 15.8. The van der Waals surface area contributed by atoms with E-state index in [-0.39, 0.29) is 6.04 Å². The highest BCUT2D eigenvalue weighted by Gasteiger charge is 2.36. The number of rotatable bonds is 5. The third kappa shape index (κ3) is 3.44. The Bertz CT molecular complexity index is 643. The molecule has 1 aromatic carbocycles. The summed E-state index contributed by atoms with van der Waals surface area (Å²) in [6.07, 6.45) is 3.24. The van der Waals surface area contributed by atoms with Gasteiger partial charge in [0, 0.05) is 17.3 Å². The quantitative estimate of drug-likeness (QED) is 0.886. The van der Waals surface area contributed by atoms with Crippen LogP contribution in [0.5, 0.6) is 0 Å². The summed E-state index contributed by atoms with van der Waals surface area (Å²) in [7, 11) is 2.03. The van der Waals surface area contributed by atoms with Crippen molar-refractivity contribution < 1.29 is 5.11 Å². The Hall–Kier alpha value is -1.13. The van der Waals surface area contributed by atoms with Gasteiger partial charge in [-0.3, -0.25) is 9.88 Å². The fourth-order valence-electron chi connectivity index (χ4n) is 2.74. The number of nitrogens with zero attached hydrogens (tertiary/aromatic N) is 2. The van der Waals surface area contributed by atoms with Gasteiger partial charge in [-0.1, -0.05) is 35.3 Å². The Morgan fingerprint density at radius 1 is 1.18 bits per heavy atom. The lowest BCUT2D eigenvalue weighted by Crippen LogP contribution is -2.32. The summed E-state index contributed by atoms with van der Waals surface area (Å²) in [4.78, 5) is 6.61. The Morgan fingerprint density at radius 2 is 1.95 bits per heavy atom. The van der Waals surface area contributed by atoms with Crippen LogP contribution in [0.3, 0.4) is 0 Å². The summed E-state index contributed by atoms with van der Waals surface area (Å²) < 4.78 is 0. The Balaban J connectivity index is 1.95. The molecule has 5 heteroatoms. The molecule has 0 bridgehead atoms. The van der Waals surface area contributed by atoms with Crippen LogP contribution in [0.15, 0.2) is 42.6 Å². The second-order valence-corrected chi connectivity index (χ2v) is 6.62. The molecule has 1 N–H and O–H groups in total. The molecule has 1 aliphatic carbocycles. The van der Waals surface area contributed by atoms with Crippen molar-refractivity contribution in [3.8, 4) is 0 Å². The predicted octanol–water partition coefficient (Wildman–Crippen LogP) is 4.26. The van der Waals surface area contributed by atoms with Crippen LogP contribution in [0.2, 0.25) is 10.0 Å². The van der Waals surface area contributed by atoms with Gasteiger partial charge in [0.15, 0.2) is 0 Å². The highest BCUT2D eigenvalue weighted by atomic mass is 35.5. The molecule has 3 rings (SSSR count). The highest BCUT2D eigenvalue weighted by molar-refractivity contribution is 6.30. The van der Waals surface area contributed by atoms with Crippen LogP contribution >= 0.6 is 23.2 Å². The van der Waals surface area contributed by atoms with Crippen molar-refractivity contribution in [2.24, 2.45) is 0 Å². The molecule has 116 valence electrons. The molecule has 1 aromatic heterocycles. The average Bonchev–Trinajstić information content (AvgIpc) is 3.34. The largest absolute Gasteiger partial charge is 0.386 e. The monoisotopic (exact) mass is 336 g/mol. The molecule has 0 saturated heterocycles. The van der Waals surface area contributed by atoms with Gasteiger partial charge in [0.05, 0.1) is 16.8 Å². The van der Waals surface area contributed by atoms with E-state index in [2.05, 4.69) is 9.88 Å². The van der Waals surface area contributed by atoms with Gasteiger partial charge in [0.1, 0.15) is 6.10 Å². The smallest absolute Gasteiger partial charge is 0.100 e. The zero-order chi connectivity index (χ0) is 15.7. The molecule has 2 aromatic rings. The van der Waals surface area contributed by atoms with E-state index in [1.807, 2.05) is 31.3 Å². The zero-order valence-corrected chi connectivity index (χ0v) is 13.8. The lowest BCUT2D eigenvalue weighted by molar-refractivity contribution is 0.0553. The topological polar surface area (TPSA) is 36.4 Å². The summed E-state index contributed by atoms with van der Waals surface area (Å²) >= 11 is 12.0. The third-order valence-electron chi connectivity index (χ3n) is 4.10. The maximum Gasteiger partial charge on any atom is 0.100 e. The van der Waals surface area contributed by atoms with Crippen molar-refractivity contribution in [2.45, 2.75) is 31.0 Å². The van der Waals surface area contributed by atoms with Crippen LogP contribution in [-0.2, 0) is 0 Å². The summed E-state index contributed by atoms with van der Waals surface area (Å²) in [5.74, 6) is 0. The van der Waals surface area contributed by atoms with Crippen LogP contribution in [0, 0.1) is 0 Å². The molecule has 3 nitrogen and oxygen atoms in total. The summed E-state index contributed by atoms with van der Waals surface area (Å²) in [6, 6.07) is 11.3. The first-order valence-electron chi connectivity index (χ1n) is 7.33. The molecule has 0 amide bonds. The van der Waals surface area contributed by atoms with E-state index in [1.165, 1.54) is 0 Å². The van der Waals surface area contributed by atoms with Crippen molar-refractivity contribution >= 4 is 23.2 Å². The van der Waals surface area contributed by atoms with Crippen LogP contribution in [0.25, 0.3) is 0 Å². The fourth-order valence-corrected chi connectivity index (χ4v) is 3.05. The van der Waals surface area contributed by atoms with Crippen LogP contribution in [0.1, 0.15) is 36.2 Å². The van der Waals surface area contributed by atoms with Gasteiger partial charge in [-0.05, 0) is 49.7 Å². The summed E-state index contributed by atoms with van der Waals surface area (Å²) in [5.41, 5.74) is 1.60. The van der Waals surface area contributed by atoms with Gasteiger partial charge >= 0.3 is 0 Å². The first-order valence-corrected chi connectivity index (χ1v) is 8.09. The number of hydrogen-bond donors (Lipinski definition) is 1. The molecule has 0 radical (unpaired) electrons. The minimum atomic E-state index is -0.696. The summed E-state index contributed by atoms with van der Waals surface area (Å²) in [6.45, 7) is 0. The van der Waals surface area contributed by atoms with Crippen LogP contribution < -0.4 is 0 Å². The van der Waals surface area contributed by atoms with Crippen molar-refractivity contribution in [1.29, 1.82) is 0 Å². The van der Waals surface area contributed by atoms with E-state index in [1.54, 1.807) is 18.3 Å². The first-order chi connectivity index (χ1) is 10.6. The van der Waals surface area contributed by atoms with Crippen LogP contribution in [-0.4, -0.2) is 28.1 Å². The predicted molar refractivity (Wildman–Crippen MR) is 89.2 cm³/mol. The van der Waals surface area contributed by atoms with E-state index in [9.17, 15) is 5.11 Å². The number of aliphatic hydroxyl groups excluding tert-OH is 1. The van der Waals surface area contributed by atoms with Gasteiger partial charge < -0.3 is 5.11 Å². The van der Waals surface area contributed by atoms with Crippen molar-refractivity contribution in [3.05, 3.63) is 63.9 Å². The SMILES string of the molecule is CN(C1CC1)[C@H](c1ccc(Cl)cn1)[C@H](O)c1cccc(Cl)c1. The number of benzene rings is 1. The molecule has 0 unspecified atom stereocenters. The average molecular weight is 337 g/mol. The molecule has 1 fully saturated rings. The number of hydrogen-bond acceptors (Lipinski definition) is 3. The summed E-state index contributed by atoms with van der Waals surface area (Å²) in [5, 5.41) is 12.1. The number of likely N-dealkylation sites (N-methyl/N-ethyl adjacent to an activating group) is 1. The molecule has 1 aliphatic rings. The molecular formula is C17H18Cl2N2O. The van der Waals surface area contributed by atoms with Gasteiger partial charge in [-0.25, -0.2) is 0 Å². The second kappa shape index (κ2) is 6.55. The van der Waals surface area contributed by atoms with E-state index >= 15 is 0 Å². The van der Waals surface area contributed by atoms with Crippen LogP contribution in [0.4, 0.5) is 0 Å². The molecule has 0 spiro atoms. The number of halogens is 2. The van der Waals surface area contributed by atoms with E-state index in [4.69, 9.17) is 23.2 Å². The minimum absolute atomic E-state index is 0.219. The Labute approximate surface area is 140 Å².